The van der Waals surface area contributed by atoms with Crippen LogP contribution in [0.2, 0.25) is 0 Å². The summed E-state index contributed by atoms with van der Waals surface area (Å²) in [6.45, 7) is 1.98. The van der Waals surface area contributed by atoms with Crippen LogP contribution in [0.1, 0.15) is 12.5 Å². The molecule has 3 aromatic rings. The number of amides is 1. The molecular formula is C21H19NO3S. The number of nitrogens with one attached hydrogen (secondary N) is 1. The van der Waals surface area contributed by atoms with E-state index >= 15 is 0 Å². The monoisotopic (exact) mass is 365 g/mol. The van der Waals surface area contributed by atoms with Crippen LogP contribution in [0, 0.1) is 0 Å². The topological polar surface area (TPSA) is 63.2 Å². The maximum Gasteiger partial charge on any atom is 0.217 e. The second-order valence-corrected chi connectivity index (χ2v) is 7.90. The molecule has 0 heterocycles. The molecule has 5 heteroatoms. The minimum atomic E-state index is -3.50. The average Bonchev–Trinajstić information content (AvgIpc) is 2.67. The molecule has 0 atom stereocenters. The lowest BCUT2D eigenvalue weighted by molar-refractivity contribution is -0.119. The molecule has 0 aromatic heterocycles. The van der Waals surface area contributed by atoms with Gasteiger partial charge in [-0.05, 0) is 41.0 Å². The van der Waals surface area contributed by atoms with Crippen molar-refractivity contribution < 1.29 is 13.2 Å². The third-order valence-corrected chi connectivity index (χ3v) is 5.83. The number of sulfone groups is 1. The van der Waals surface area contributed by atoms with Crippen molar-refractivity contribution in [1.82, 2.24) is 5.32 Å². The highest BCUT2D eigenvalue weighted by Gasteiger charge is 2.16. The molecule has 0 aliphatic rings. The van der Waals surface area contributed by atoms with E-state index in [9.17, 15) is 13.2 Å². The molecule has 0 saturated heterocycles. The molecule has 0 fully saturated rings. The number of hydrogen-bond donors (Lipinski definition) is 1. The van der Waals surface area contributed by atoms with Crippen LogP contribution in [0.5, 0.6) is 0 Å². The van der Waals surface area contributed by atoms with Gasteiger partial charge in [-0.15, -0.1) is 0 Å². The van der Waals surface area contributed by atoms with Gasteiger partial charge >= 0.3 is 0 Å². The van der Waals surface area contributed by atoms with Crippen molar-refractivity contribution in [2.45, 2.75) is 23.3 Å². The molecule has 132 valence electrons. The predicted molar refractivity (Wildman–Crippen MR) is 101 cm³/mol. The molecule has 0 saturated carbocycles. The van der Waals surface area contributed by atoms with E-state index in [2.05, 4.69) is 5.32 Å². The van der Waals surface area contributed by atoms with Crippen LogP contribution in [-0.4, -0.2) is 14.3 Å². The van der Waals surface area contributed by atoms with Crippen LogP contribution >= 0.6 is 0 Å². The number of carbonyl (C=O) groups excluding carboxylic acids is 1. The Balaban J connectivity index is 1.80. The third-order valence-electron chi connectivity index (χ3n) is 4.05. The van der Waals surface area contributed by atoms with Crippen molar-refractivity contribution in [3.63, 3.8) is 0 Å². The molecule has 1 N–H and O–H groups in total. The van der Waals surface area contributed by atoms with Gasteiger partial charge in [0.1, 0.15) is 0 Å². The summed E-state index contributed by atoms with van der Waals surface area (Å²) in [5.74, 6) is -0.0655. The molecule has 0 radical (unpaired) electrons. The molecule has 0 spiro atoms. The molecule has 26 heavy (non-hydrogen) atoms. The molecule has 0 aliphatic heterocycles. The largest absolute Gasteiger partial charge is 0.352 e. The quantitative estimate of drug-likeness (QED) is 0.747. The van der Waals surface area contributed by atoms with Crippen molar-refractivity contribution in [3.8, 4) is 11.1 Å². The summed E-state index contributed by atoms with van der Waals surface area (Å²) in [5.41, 5.74) is 2.93. The van der Waals surface area contributed by atoms with Gasteiger partial charge in [-0.2, -0.15) is 0 Å². The Hall–Kier alpha value is -2.92. The zero-order chi connectivity index (χ0) is 18.6. The van der Waals surface area contributed by atoms with Gasteiger partial charge in [0, 0.05) is 13.5 Å². The Bertz CT molecular complexity index is 993. The predicted octanol–water partition coefficient (Wildman–Crippen LogP) is 3.82. The highest BCUT2D eigenvalue weighted by molar-refractivity contribution is 7.91. The molecule has 0 bridgehead atoms. The maximum atomic E-state index is 12.6. The normalized spacial score (nSPS) is 11.1. The Kier molecular flexibility index (Phi) is 5.19. The summed E-state index contributed by atoms with van der Waals surface area (Å²) < 4.78 is 25.2. The van der Waals surface area contributed by atoms with E-state index in [1.807, 2.05) is 24.3 Å². The van der Waals surface area contributed by atoms with Gasteiger partial charge in [-0.25, -0.2) is 8.42 Å². The molecule has 3 aromatic carbocycles. The van der Waals surface area contributed by atoms with E-state index in [-0.39, 0.29) is 15.7 Å². The fourth-order valence-corrected chi connectivity index (χ4v) is 3.89. The lowest BCUT2D eigenvalue weighted by atomic mass is 10.0. The summed E-state index contributed by atoms with van der Waals surface area (Å²) in [6, 6.07) is 23.1. The summed E-state index contributed by atoms with van der Waals surface area (Å²) in [7, 11) is -3.50. The fourth-order valence-electron chi connectivity index (χ4n) is 2.60. The van der Waals surface area contributed by atoms with Crippen LogP contribution in [0.15, 0.2) is 88.7 Å². The van der Waals surface area contributed by atoms with E-state index in [0.29, 0.717) is 6.54 Å². The van der Waals surface area contributed by atoms with E-state index in [1.54, 1.807) is 54.6 Å². The third kappa shape index (κ3) is 4.00. The average molecular weight is 365 g/mol. The fraction of sp³-hybridized carbons (Fsp3) is 0.0952. The summed E-state index contributed by atoms with van der Waals surface area (Å²) in [4.78, 5) is 11.5. The Morgan fingerprint density at radius 1 is 0.769 bits per heavy atom. The van der Waals surface area contributed by atoms with Gasteiger partial charge in [0.15, 0.2) is 0 Å². The summed E-state index contributed by atoms with van der Waals surface area (Å²) in [5, 5.41) is 2.76. The molecule has 0 aliphatic carbocycles. The van der Waals surface area contributed by atoms with Gasteiger partial charge in [0.05, 0.1) is 9.79 Å². The van der Waals surface area contributed by atoms with Crippen LogP contribution in [0.3, 0.4) is 0 Å². The summed E-state index contributed by atoms with van der Waals surface area (Å²) in [6.07, 6.45) is 0. The first-order chi connectivity index (χ1) is 12.5. The van der Waals surface area contributed by atoms with Gasteiger partial charge in [-0.1, -0.05) is 54.6 Å². The van der Waals surface area contributed by atoms with E-state index in [4.69, 9.17) is 0 Å². The van der Waals surface area contributed by atoms with E-state index in [0.717, 1.165) is 16.7 Å². The van der Waals surface area contributed by atoms with Gasteiger partial charge in [0.25, 0.3) is 0 Å². The van der Waals surface area contributed by atoms with Gasteiger partial charge < -0.3 is 5.32 Å². The van der Waals surface area contributed by atoms with Gasteiger partial charge in [-0.3, -0.25) is 4.79 Å². The zero-order valence-electron chi connectivity index (χ0n) is 14.3. The highest BCUT2D eigenvalue weighted by atomic mass is 32.2. The molecule has 1 amide bonds. The van der Waals surface area contributed by atoms with Crippen LogP contribution < -0.4 is 5.32 Å². The minimum absolute atomic E-state index is 0.0655. The number of carbonyl (C=O) groups is 1. The Labute approximate surface area is 153 Å². The van der Waals surface area contributed by atoms with Crippen molar-refractivity contribution in [1.29, 1.82) is 0 Å². The first kappa shape index (κ1) is 17.9. The first-order valence-corrected chi connectivity index (χ1v) is 9.69. The smallest absolute Gasteiger partial charge is 0.217 e. The number of hydrogen-bond acceptors (Lipinski definition) is 3. The van der Waals surface area contributed by atoms with Gasteiger partial charge in [0.2, 0.25) is 15.7 Å². The molecule has 4 nitrogen and oxygen atoms in total. The Morgan fingerprint density at radius 3 is 1.81 bits per heavy atom. The Morgan fingerprint density at radius 2 is 1.27 bits per heavy atom. The van der Waals surface area contributed by atoms with Crippen LogP contribution in [0.4, 0.5) is 0 Å². The van der Waals surface area contributed by atoms with Crippen molar-refractivity contribution >= 4 is 15.7 Å². The molecule has 0 unspecified atom stereocenters. The van der Waals surface area contributed by atoms with Crippen LogP contribution in [0.25, 0.3) is 11.1 Å². The minimum Gasteiger partial charge on any atom is -0.352 e. The SMILES string of the molecule is CC(=O)NCc1ccc(-c2ccc(S(=O)(=O)c3ccccc3)cc2)cc1. The lowest BCUT2D eigenvalue weighted by Gasteiger charge is -2.08. The van der Waals surface area contributed by atoms with E-state index in [1.165, 1.54) is 6.92 Å². The number of benzene rings is 3. The lowest BCUT2D eigenvalue weighted by Crippen LogP contribution is -2.18. The first-order valence-electron chi connectivity index (χ1n) is 8.21. The highest BCUT2D eigenvalue weighted by Crippen LogP contribution is 2.25. The van der Waals surface area contributed by atoms with Crippen molar-refractivity contribution in [3.05, 3.63) is 84.4 Å². The van der Waals surface area contributed by atoms with Crippen molar-refractivity contribution in [2.75, 3.05) is 0 Å². The van der Waals surface area contributed by atoms with E-state index < -0.39 is 9.84 Å². The zero-order valence-corrected chi connectivity index (χ0v) is 15.2. The maximum absolute atomic E-state index is 12.6. The van der Waals surface area contributed by atoms with Crippen molar-refractivity contribution in [2.24, 2.45) is 0 Å². The van der Waals surface area contributed by atoms with Crippen LogP contribution in [-0.2, 0) is 21.2 Å². The second-order valence-electron chi connectivity index (χ2n) is 5.95. The summed E-state index contributed by atoms with van der Waals surface area (Å²) >= 11 is 0. The molecular weight excluding hydrogens is 346 g/mol. The second kappa shape index (κ2) is 7.54. The standard InChI is InChI=1S/C21H19NO3S/c1-16(23)22-15-17-7-9-18(10-8-17)19-11-13-21(14-12-19)26(24,25)20-5-3-2-4-6-20/h2-14H,15H2,1H3,(H,22,23). The molecule has 3 rings (SSSR count). The number of rotatable bonds is 5.